The van der Waals surface area contributed by atoms with Crippen LogP contribution in [0.1, 0.15) is 46.5 Å². The highest BCUT2D eigenvalue weighted by atomic mass is 19.1. The van der Waals surface area contributed by atoms with E-state index >= 15 is 4.39 Å². The monoisotopic (exact) mass is 376 g/mol. The van der Waals surface area contributed by atoms with Gasteiger partial charge in [0.15, 0.2) is 17.2 Å². The van der Waals surface area contributed by atoms with Crippen LogP contribution < -0.4 is 0 Å². The van der Waals surface area contributed by atoms with Crippen LogP contribution in [0, 0.1) is 34.5 Å². The molecule has 3 fully saturated rings. The predicted octanol–water partition coefficient (Wildman–Crippen LogP) is 2.78. The average Bonchev–Trinajstić information content (AvgIpc) is 2.86. The van der Waals surface area contributed by atoms with Crippen LogP contribution in [0.2, 0.25) is 0 Å². The molecule has 2 N–H and O–H groups in total. The van der Waals surface area contributed by atoms with Crippen molar-refractivity contribution in [2.75, 3.05) is 6.61 Å². The van der Waals surface area contributed by atoms with Crippen LogP contribution in [0.3, 0.4) is 0 Å². The van der Waals surface area contributed by atoms with Crippen LogP contribution in [-0.2, 0) is 9.59 Å². The Morgan fingerprint density at radius 3 is 2.70 bits per heavy atom. The first-order chi connectivity index (χ1) is 12.6. The Bertz CT molecular complexity index is 757. The Labute approximate surface area is 159 Å². The molecule has 0 heterocycles. The molecule has 1 unspecified atom stereocenters. The number of allylic oxidation sites excluding steroid dienone is 4. The number of hydrogen-bond acceptors (Lipinski definition) is 4. The molecule has 0 aromatic rings. The van der Waals surface area contributed by atoms with E-state index in [0.717, 1.165) is 12.0 Å². The van der Waals surface area contributed by atoms with E-state index in [9.17, 15) is 19.8 Å². The molecule has 0 aromatic heterocycles. The quantitative estimate of drug-likeness (QED) is 0.777. The maximum absolute atomic E-state index is 16.8. The van der Waals surface area contributed by atoms with Gasteiger partial charge in [0.1, 0.15) is 6.61 Å². The summed E-state index contributed by atoms with van der Waals surface area (Å²) < 4.78 is 16.8. The molecule has 4 aliphatic carbocycles. The minimum atomic E-state index is -1.85. The maximum atomic E-state index is 16.8. The van der Waals surface area contributed by atoms with Crippen molar-refractivity contribution in [1.29, 1.82) is 0 Å². The number of rotatable bonds is 2. The first-order valence-electron chi connectivity index (χ1n) is 10.0. The summed E-state index contributed by atoms with van der Waals surface area (Å²) in [6.07, 6.45) is 5.53. The molecule has 0 amide bonds. The van der Waals surface area contributed by atoms with E-state index in [1.807, 2.05) is 13.8 Å². The number of hydrogen-bond donors (Lipinski definition) is 2. The lowest BCUT2D eigenvalue weighted by Gasteiger charge is -2.62. The van der Waals surface area contributed by atoms with Gasteiger partial charge in [0, 0.05) is 17.3 Å². The summed E-state index contributed by atoms with van der Waals surface area (Å²) in [7, 11) is 0. The van der Waals surface area contributed by atoms with Crippen LogP contribution in [-0.4, -0.2) is 40.2 Å². The van der Waals surface area contributed by atoms with Crippen LogP contribution in [0.5, 0.6) is 0 Å². The fourth-order valence-electron chi connectivity index (χ4n) is 7.36. The molecule has 27 heavy (non-hydrogen) atoms. The summed E-state index contributed by atoms with van der Waals surface area (Å²) in [5.74, 6) is -1.00. The second-order valence-electron chi connectivity index (χ2n) is 9.67. The number of alkyl halides is 1. The molecule has 0 saturated heterocycles. The highest BCUT2D eigenvalue weighted by Crippen LogP contribution is 2.69. The summed E-state index contributed by atoms with van der Waals surface area (Å²) in [4.78, 5) is 24.3. The van der Waals surface area contributed by atoms with Gasteiger partial charge in [0.05, 0.1) is 6.10 Å². The summed E-state index contributed by atoms with van der Waals surface area (Å²) in [6, 6.07) is 0. The van der Waals surface area contributed by atoms with Gasteiger partial charge in [0.25, 0.3) is 0 Å². The minimum absolute atomic E-state index is 0.0224. The van der Waals surface area contributed by atoms with Gasteiger partial charge in [-0.15, -0.1) is 0 Å². The summed E-state index contributed by atoms with van der Waals surface area (Å²) >= 11 is 0. The molecule has 5 heteroatoms. The Hall–Kier alpha value is -1.33. The molecule has 0 aliphatic heterocycles. The Morgan fingerprint density at radius 2 is 2.04 bits per heavy atom. The maximum Gasteiger partial charge on any atom is 0.178 e. The molecule has 4 aliphatic rings. The predicted molar refractivity (Wildman–Crippen MR) is 98.5 cm³/mol. The van der Waals surface area contributed by atoms with Crippen molar-refractivity contribution in [1.82, 2.24) is 0 Å². The largest absolute Gasteiger partial charge is 0.390 e. The number of aliphatic hydroxyl groups is 2. The zero-order valence-electron chi connectivity index (χ0n) is 16.2. The third kappa shape index (κ3) is 2.21. The summed E-state index contributed by atoms with van der Waals surface area (Å²) in [5.41, 5.74) is -2.59. The molecule has 8 atom stereocenters. The molecule has 4 nitrogen and oxygen atoms in total. The molecular weight excluding hydrogens is 347 g/mol. The molecule has 3 saturated carbocycles. The van der Waals surface area contributed by atoms with E-state index in [0.29, 0.717) is 12.8 Å². The van der Waals surface area contributed by atoms with Crippen LogP contribution in [0.4, 0.5) is 4.39 Å². The fraction of sp³-hybridized carbons (Fsp3) is 0.727. The van der Waals surface area contributed by atoms with Crippen molar-refractivity contribution in [3.05, 3.63) is 23.8 Å². The van der Waals surface area contributed by atoms with Crippen molar-refractivity contribution in [3.63, 3.8) is 0 Å². The summed E-state index contributed by atoms with van der Waals surface area (Å²) in [6.45, 7) is 5.29. The van der Waals surface area contributed by atoms with Crippen LogP contribution in [0.15, 0.2) is 23.8 Å². The first kappa shape index (κ1) is 19.0. The van der Waals surface area contributed by atoms with Crippen molar-refractivity contribution in [2.45, 2.75) is 58.2 Å². The normalized spacial score (nSPS) is 51.3. The first-order valence-corrected chi connectivity index (χ1v) is 10.0. The second-order valence-corrected chi connectivity index (χ2v) is 9.67. The van der Waals surface area contributed by atoms with Gasteiger partial charge in [-0.05, 0) is 62.0 Å². The number of aliphatic hydroxyl groups excluding tert-OH is 2. The number of carbonyl (C=O) groups excluding carboxylic acids is 2. The van der Waals surface area contributed by atoms with Crippen molar-refractivity contribution in [3.8, 4) is 0 Å². The topological polar surface area (TPSA) is 74.6 Å². The molecule has 0 aromatic carbocycles. The van der Waals surface area contributed by atoms with E-state index in [2.05, 4.69) is 0 Å². The highest BCUT2D eigenvalue weighted by Gasteiger charge is 2.71. The zero-order valence-corrected chi connectivity index (χ0v) is 16.2. The van der Waals surface area contributed by atoms with Crippen molar-refractivity contribution < 1.29 is 24.2 Å². The minimum Gasteiger partial charge on any atom is -0.390 e. The number of ketones is 2. The highest BCUT2D eigenvalue weighted by molar-refractivity contribution is 6.01. The van der Waals surface area contributed by atoms with Crippen molar-refractivity contribution in [2.24, 2.45) is 34.5 Å². The third-order valence-electron chi connectivity index (χ3n) is 8.48. The second kappa shape index (κ2) is 5.84. The average molecular weight is 376 g/mol. The molecule has 0 spiro atoms. The molecule has 0 radical (unpaired) electrons. The van der Waals surface area contributed by atoms with E-state index in [4.69, 9.17) is 0 Å². The molecule has 148 valence electrons. The lowest BCUT2D eigenvalue weighted by Crippen LogP contribution is -2.66. The van der Waals surface area contributed by atoms with Gasteiger partial charge in [-0.2, -0.15) is 0 Å². The smallest absolute Gasteiger partial charge is 0.178 e. The Balaban J connectivity index is 1.80. The standard InChI is InChI=1S/C22H29FO4/c1-12-8-16-15-5-4-13-9-14(25)6-7-21(13,3)22(15,23)18(27)10-20(16,2)19(12)17(26)11-24/h6-7,9,12,15-16,18-19,24,27H,4-5,8,10-11H2,1-3H3/t12-,15+,16+,18+,19?,20+,21+,22+/m1/s1. The lowest BCUT2D eigenvalue weighted by atomic mass is 9.45. The van der Waals surface area contributed by atoms with E-state index in [1.165, 1.54) is 12.2 Å². The van der Waals surface area contributed by atoms with Gasteiger partial charge in [0.2, 0.25) is 0 Å². The number of Topliss-reactive ketones (excluding diaryl/α,β-unsaturated/α-hetero) is 1. The lowest BCUT2D eigenvalue weighted by molar-refractivity contribution is -0.195. The van der Waals surface area contributed by atoms with Gasteiger partial charge in [-0.25, -0.2) is 4.39 Å². The zero-order chi connectivity index (χ0) is 19.8. The Morgan fingerprint density at radius 1 is 1.33 bits per heavy atom. The molecule has 0 bridgehead atoms. The van der Waals surface area contributed by atoms with E-state index < -0.39 is 29.2 Å². The number of fused-ring (bicyclic) bond motifs is 5. The van der Waals surface area contributed by atoms with Crippen molar-refractivity contribution >= 4 is 11.6 Å². The number of halogens is 1. The third-order valence-corrected chi connectivity index (χ3v) is 8.48. The SMILES string of the molecule is C[C@@H]1C[C@H]2[C@@H]3CCC4=CC(=O)C=C[C@]4(C)[C@@]3(F)[C@@H](O)C[C@]2(C)C1C(=O)CO. The van der Waals surface area contributed by atoms with Crippen LogP contribution >= 0.6 is 0 Å². The van der Waals surface area contributed by atoms with Gasteiger partial charge in [-0.3, -0.25) is 9.59 Å². The summed E-state index contributed by atoms with van der Waals surface area (Å²) in [5, 5.41) is 20.6. The fourth-order valence-corrected chi connectivity index (χ4v) is 7.36. The van der Waals surface area contributed by atoms with Gasteiger partial charge in [-0.1, -0.05) is 25.5 Å². The van der Waals surface area contributed by atoms with E-state index in [-0.39, 0.29) is 41.7 Å². The molecule has 4 rings (SSSR count). The number of carbonyl (C=O) groups is 2. The van der Waals surface area contributed by atoms with E-state index in [1.54, 1.807) is 13.0 Å². The molecular formula is C22H29FO4. The van der Waals surface area contributed by atoms with Gasteiger partial charge >= 0.3 is 0 Å². The Kier molecular flexibility index (Phi) is 4.11. The van der Waals surface area contributed by atoms with Crippen LogP contribution in [0.25, 0.3) is 0 Å². The van der Waals surface area contributed by atoms with Gasteiger partial charge < -0.3 is 10.2 Å².